The number of tetrazole rings is 1. The smallest absolute Gasteiger partial charge is 0.323 e. The maximum absolute atomic E-state index is 15.3. The highest BCUT2D eigenvalue weighted by atomic mass is 19.1. The number of halogens is 1. The topological polar surface area (TPSA) is 92.8 Å². The van der Waals surface area contributed by atoms with Crippen LogP contribution in [-0.2, 0) is 16.0 Å². The van der Waals surface area contributed by atoms with Crippen LogP contribution in [0.2, 0.25) is 0 Å². The summed E-state index contributed by atoms with van der Waals surface area (Å²) in [5.74, 6) is 1.02. The number of fused-ring (bicyclic) bond motifs is 1. The third kappa shape index (κ3) is 4.54. The van der Waals surface area contributed by atoms with Gasteiger partial charge in [-0.3, -0.25) is 4.79 Å². The summed E-state index contributed by atoms with van der Waals surface area (Å²) in [5.41, 5.74) is -1.20. The minimum absolute atomic E-state index is 0.0754. The van der Waals surface area contributed by atoms with Gasteiger partial charge in [-0.15, -0.1) is 10.2 Å². The molecule has 2 fully saturated rings. The number of carbonyl (C=O) groups is 1. The van der Waals surface area contributed by atoms with Crippen molar-refractivity contribution in [3.63, 3.8) is 0 Å². The van der Waals surface area contributed by atoms with Crippen LogP contribution in [0.5, 0.6) is 0 Å². The second-order valence-electron chi connectivity index (χ2n) is 7.59. The van der Waals surface area contributed by atoms with Crippen molar-refractivity contribution in [3.8, 4) is 0 Å². The molecule has 7 nitrogen and oxygen atoms in total. The molecular formula is C17H28FN5O2. The van der Waals surface area contributed by atoms with Crippen molar-refractivity contribution in [3.05, 3.63) is 5.82 Å². The molecule has 2 N–H and O–H groups in total. The maximum atomic E-state index is 15.3. The molecule has 1 aromatic heterocycles. The van der Waals surface area contributed by atoms with Crippen LogP contribution in [0.1, 0.15) is 58.2 Å². The van der Waals surface area contributed by atoms with Gasteiger partial charge in [-0.05, 0) is 63.8 Å². The number of rotatable bonds is 6. The lowest BCUT2D eigenvalue weighted by Gasteiger charge is -2.44. The van der Waals surface area contributed by atoms with Gasteiger partial charge >= 0.3 is 5.97 Å². The fourth-order valence-corrected chi connectivity index (χ4v) is 4.04. The molecule has 5 atom stereocenters. The Hall–Kier alpha value is -1.57. The number of aryl methyl sites for hydroxylation is 1. The summed E-state index contributed by atoms with van der Waals surface area (Å²) in [6.07, 6.45) is 4.21. The molecular weight excluding hydrogens is 325 g/mol. The summed E-state index contributed by atoms with van der Waals surface area (Å²) in [6.45, 7) is 4.66. The lowest BCUT2D eigenvalue weighted by molar-refractivity contribution is -0.153. The van der Waals surface area contributed by atoms with Gasteiger partial charge in [0.2, 0.25) is 0 Å². The molecule has 8 heteroatoms. The standard InChI is InChI=1S/C17H28FN5O2/c1-3-11(2)25-16(24)14-8-13-9-17(18,6-4-12(13)10-19-14)7-5-15-20-22-23-21-15/h11-14,19H,3-10H2,1-2H3,(H,20,21,22,23)/t11-,12+,13+,14+,17+/m1/s1. The van der Waals surface area contributed by atoms with E-state index in [1.165, 1.54) is 0 Å². The first kappa shape index (κ1) is 18.2. The minimum atomic E-state index is -1.20. The van der Waals surface area contributed by atoms with Gasteiger partial charge in [-0.2, -0.15) is 5.21 Å². The summed E-state index contributed by atoms with van der Waals surface area (Å²) in [7, 11) is 0. The summed E-state index contributed by atoms with van der Waals surface area (Å²) in [5, 5.41) is 17.0. The highest BCUT2D eigenvalue weighted by Crippen LogP contribution is 2.44. The van der Waals surface area contributed by atoms with E-state index in [4.69, 9.17) is 4.74 Å². The van der Waals surface area contributed by atoms with Crippen molar-refractivity contribution in [1.82, 2.24) is 25.9 Å². The Kier molecular flexibility index (Phi) is 5.66. The van der Waals surface area contributed by atoms with Crippen molar-refractivity contribution in [2.45, 2.75) is 76.6 Å². The van der Waals surface area contributed by atoms with E-state index in [1.807, 2.05) is 13.8 Å². The molecule has 2 aliphatic rings. The van der Waals surface area contributed by atoms with Crippen molar-refractivity contribution >= 4 is 5.97 Å². The fourth-order valence-electron chi connectivity index (χ4n) is 4.04. The SMILES string of the molecule is CC[C@@H](C)OC(=O)[C@@H]1C[C@H]2C[C@@](F)(CCc3nn[nH]n3)CC[C@H]2CN1. The van der Waals surface area contributed by atoms with Crippen LogP contribution in [0, 0.1) is 11.8 Å². The number of esters is 1. The molecule has 0 bridgehead atoms. The number of aromatic nitrogens is 4. The molecule has 0 amide bonds. The van der Waals surface area contributed by atoms with E-state index < -0.39 is 5.67 Å². The molecule has 1 aliphatic carbocycles. The number of nitrogens with zero attached hydrogens (tertiary/aromatic N) is 3. The second kappa shape index (κ2) is 7.76. The monoisotopic (exact) mass is 353 g/mol. The Labute approximate surface area is 147 Å². The van der Waals surface area contributed by atoms with Crippen molar-refractivity contribution in [2.75, 3.05) is 6.54 Å². The molecule has 0 aromatic carbocycles. The molecule has 1 aliphatic heterocycles. The van der Waals surface area contributed by atoms with E-state index in [0.717, 1.165) is 19.4 Å². The number of hydrogen-bond donors (Lipinski definition) is 2. The molecule has 0 radical (unpaired) electrons. The summed E-state index contributed by atoms with van der Waals surface area (Å²) < 4.78 is 20.8. The lowest BCUT2D eigenvalue weighted by atomic mass is 9.67. The minimum Gasteiger partial charge on any atom is -0.462 e. The average Bonchev–Trinajstić information content (AvgIpc) is 3.13. The van der Waals surface area contributed by atoms with Crippen LogP contribution in [0.3, 0.4) is 0 Å². The van der Waals surface area contributed by atoms with Gasteiger partial charge in [0.25, 0.3) is 0 Å². The zero-order chi connectivity index (χ0) is 17.9. The Morgan fingerprint density at radius 2 is 2.32 bits per heavy atom. The molecule has 1 saturated heterocycles. The Morgan fingerprint density at radius 1 is 1.48 bits per heavy atom. The van der Waals surface area contributed by atoms with E-state index in [1.54, 1.807) is 0 Å². The molecule has 2 heterocycles. The molecule has 0 spiro atoms. The highest BCUT2D eigenvalue weighted by molar-refractivity contribution is 5.76. The number of ether oxygens (including phenoxy) is 1. The number of aromatic amines is 1. The Morgan fingerprint density at radius 3 is 3.04 bits per heavy atom. The zero-order valence-electron chi connectivity index (χ0n) is 15.0. The van der Waals surface area contributed by atoms with E-state index in [-0.39, 0.29) is 24.0 Å². The van der Waals surface area contributed by atoms with E-state index in [2.05, 4.69) is 25.9 Å². The maximum Gasteiger partial charge on any atom is 0.323 e. The number of H-pyrrole nitrogens is 1. The zero-order valence-corrected chi connectivity index (χ0v) is 15.0. The van der Waals surface area contributed by atoms with Crippen LogP contribution in [0.4, 0.5) is 4.39 Å². The number of carbonyl (C=O) groups excluding carboxylic acids is 1. The van der Waals surface area contributed by atoms with E-state index >= 15 is 4.39 Å². The summed E-state index contributed by atoms with van der Waals surface area (Å²) in [4.78, 5) is 12.3. The van der Waals surface area contributed by atoms with E-state index in [0.29, 0.717) is 43.8 Å². The predicted molar refractivity (Wildman–Crippen MR) is 89.4 cm³/mol. The highest BCUT2D eigenvalue weighted by Gasteiger charge is 2.44. The quantitative estimate of drug-likeness (QED) is 0.760. The molecule has 1 saturated carbocycles. The first-order valence-electron chi connectivity index (χ1n) is 9.34. The number of nitrogens with one attached hydrogen (secondary N) is 2. The first-order valence-corrected chi connectivity index (χ1v) is 9.34. The third-order valence-corrected chi connectivity index (χ3v) is 5.79. The largest absolute Gasteiger partial charge is 0.462 e. The van der Waals surface area contributed by atoms with Crippen molar-refractivity contribution in [2.24, 2.45) is 11.8 Å². The first-order chi connectivity index (χ1) is 12.0. The van der Waals surface area contributed by atoms with Crippen LogP contribution < -0.4 is 5.32 Å². The molecule has 3 rings (SSSR count). The molecule has 25 heavy (non-hydrogen) atoms. The molecule has 1 aromatic rings. The molecule has 140 valence electrons. The predicted octanol–water partition coefficient (Wildman–Crippen LogP) is 1.96. The van der Waals surface area contributed by atoms with Gasteiger partial charge in [0.05, 0.1) is 6.10 Å². The molecule has 0 unspecified atom stereocenters. The van der Waals surface area contributed by atoms with Gasteiger partial charge in [0.1, 0.15) is 11.7 Å². The average molecular weight is 353 g/mol. The normalized spacial score (nSPS) is 33.5. The van der Waals surface area contributed by atoms with Gasteiger partial charge in [-0.1, -0.05) is 12.1 Å². The van der Waals surface area contributed by atoms with Gasteiger partial charge < -0.3 is 10.1 Å². The van der Waals surface area contributed by atoms with Gasteiger partial charge in [0, 0.05) is 6.42 Å². The Balaban J connectivity index is 1.55. The number of piperidine rings is 1. The third-order valence-electron chi connectivity index (χ3n) is 5.79. The van der Waals surface area contributed by atoms with Gasteiger partial charge in [-0.25, -0.2) is 4.39 Å². The Bertz CT molecular complexity index is 569. The van der Waals surface area contributed by atoms with Crippen LogP contribution in [0.15, 0.2) is 0 Å². The van der Waals surface area contributed by atoms with Crippen LogP contribution in [0.25, 0.3) is 0 Å². The second-order valence-corrected chi connectivity index (χ2v) is 7.59. The number of alkyl halides is 1. The van der Waals surface area contributed by atoms with Crippen molar-refractivity contribution in [1.29, 1.82) is 0 Å². The summed E-state index contributed by atoms with van der Waals surface area (Å²) >= 11 is 0. The van der Waals surface area contributed by atoms with Crippen LogP contribution in [-0.4, -0.2) is 51.0 Å². The number of hydrogen-bond acceptors (Lipinski definition) is 6. The van der Waals surface area contributed by atoms with E-state index in [9.17, 15) is 4.79 Å². The fraction of sp³-hybridized carbons (Fsp3) is 0.882. The van der Waals surface area contributed by atoms with Crippen LogP contribution >= 0.6 is 0 Å². The van der Waals surface area contributed by atoms with Gasteiger partial charge in [0.15, 0.2) is 5.82 Å². The summed E-state index contributed by atoms with van der Waals surface area (Å²) in [6, 6.07) is -0.310. The lowest BCUT2D eigenvalue weighted by Crippen LogP contribution is -2.52. The van der Waals surface area contributed by atoms with Crippen molar-refractivity contribution < 1.29 is 13.9 Å².